The molecule has 4 atom stereocenters. The highest BCUT2D eigenvalue weighted by molar-refractivity contribution is 5.87. The van der Waals surface area contributed by atoms with Gasteiger partial charge in [-0.15, -0.1) is 0 Å². The quantitative estimate of drug-likeness (QED) is 0.538. The van der Waals surface area contributed by atoms with Crippen LogP contribution < -0.4 is 15.4 Å². The van der Waals surface area contributed by atoms with Crippen molar-refractivity contribution in [1.82, 2.24) is 15.5 Å². The molecular formula is C30H43N3O3. The Kier molecular flexibility index (Phi) is 7.67. The molecular weight excluding hydrogens is 450 g/mol. The molecule has 1 saturated heterocycles. The van der Waals surface area contributed by atoms with Crippen molar-refractivity contribution in [3.05, 3.63) is 59.2 Å². The van der Waals surface area contributed by atoms with Gasteiger partial charge in [-0.05, 0) is 84.5 Å². The van der Waals surface area contributed by atoms with Crippen LogP contribution in [0.25, 0.3) is 0 Å². The van der Waals surface area contributed by atoms with Crippen LogP contribution in [0.1, 0.15) is 57.7 Å². The largest absolute Gasteiger partial charge is 0.508 e. The monoisotopic (exact) mass is 493 g/mol. The summed E-state index contributed by atoms with van der Waals surface area (Å²) in [6, 6.07) is 13.9. The Balaban J connectivity index is 1.40. The van der Waals surface area contributed by atoms with Crippen LogP contribution in [0.4, 0.5) is 0 Å². The number of fused-ring (bicyclic) bond motifs is 1. The van der Waals surface area contributed by atoms with Crippen molar-refractivity contribution in [3.8, 4) is 11.5 Å². The molecule has 0 bridgehead atoms. The Labute approximate surface area is 216 Å². The van der Waals surface area contributed by atoms with E-state index >= 15 is 0 Å². The minimum Gasteiger partial charge on any atom is -0.508 e. The number of nitrogens with one attached hydrogen (secondary N) is 2. The second-order valence-electron chi connectivity index (χ2n) is 11.7. The Morgan fingerprint density at radius 2 is 2.00 bits per heavy atom. The van der Waals surface area contributed by atoms with Gasteiger partial charge in [0.15, 0.2) is 0 Å². The van der Waals surface area contributed by atoms with Crippen LogP contribution in [-0.4, -0.2) is 54.2 Å². The minimum absolute atomic E-state index is 0.0291. The zero-order valence-electron chi connectivity index (χ0n) is 22.7. The van der Waals surface area contributed by atoms with Gasteiger partial charge in [-0.3, -0.25) is 10.1 Å². The third-order valence-corrected chi connectivity index (χ3v) is 8.78. The first-order valence-corrected chi connectivity index (χ1v) is 13.3. The average Bonchev–Trinajstić information content (AvgIpc) is 2.85. The third kappa shape index (κ3) is 5.40. The first kappa shape index (κ1) is 26.5. The zero-order chi connectivity index (χ0) is 26.1. The number of likely N-dealkylation sites (tertiary alicyclic amines) is 1. The fraction of sp³-hybridized carbons (Fsp3) is 0.567. The summed E-state index contributed by atoms with van der Waals surface area (Å²) in [6.07, 6.45) is 1.68. The number of ether oxygens (including phenoxy) is 1. The summed E-state index contributed by atoms with van der Waals surface area (Å²) in [6.45, 7) is 14.4. The van der Waals surface area contributed by atoms with Crippen LogP contribution >= 0.6 is 0 Å². The summed E-state index contributed by atoms with van der Waals surface area (Å²) in [7, 11) is 1.68. The number of phenolic OH excluding ortho intramolecular Hbond substituents is 1. The maximum absolute atomic E-state index is 13.6. The molecule has 2 aliphatic heterocycles. The average molecular weight is 494 g/mol. The fourth-order valence-corrected chi connectivity index (χ4v) is 5.76. The molecule has 6 nitrogen and oxygen atoms in total. The fourth-order valence-electron chi connectivity index (χ4n) is 5.76. The van der Waals surface area contributed by atoms with E-state index < -0.39 is 5.54 Å². The third-order valence-electron chi connectivity index (χ3n) is 8.78. The van der Waals surface area contributed by atoms with E-state index in [4.69, 9.17) is 4.74 Å². The van der Waals surface area contributed by atoms with Gasteiger partial charge in [0, 0.05) is 25.7 Å². The van der Waals surface area contributed by atoms with E-state index in [2.05, 4.69) is 61.4 Å². The summed E-state index contributed by atoms with van der Waals surface area (Å²) in [4.78, 5) is 16.1. The standard InChI is InChI=1S/C30H43N3O3/c1-20(2)27(19-33-13-12-29(4,21(3)18-33)24-8-7-9-25(34)15-24)32-28(35)30(5)16-22-10-11-26(36-6)14-23(22)17-31-30/h7-11,14-15,20-21,27,31,34H,12-13,16-19H2,1-6H3,(H,32,35)/t21-,27+,29+,30+/m0/s1. The van der Waals surface area contributed by atoms with Crippen LogP contribution in [0.2, 0.25) is 0 Å². The molecule has 3 N–H and O–H groups in total. The number of benzene rings is 2. The smallest absolute Gasteiger partial charge is 0.240 e. The molecule has 0 saturated carbocycles. The Morgan fingerprint density at radius 3 is 2.67 bits per heavy atom. The van der Waals surface area contributed by atoms with E-state index in [1.165, 1.54) is 16.7 Å². The number of hydrogen-bond donors (Lipinski definition) is 3. The summed E-state index contributed by atoms with van der Waals surface area (Å²) in [5, 5.41) is 16.9. The number of carbonyl (C=O) groups excluding carboxylic acids is 1. The molecule has 1 amide bonds. The van der Waals surface area contributed by atoms with Crippen LogP contribution in [0.15, 0.2) is 42.5 Å². The normalized spacial score (nSPS) is 27.4. The van der Waals surface area contributed by atoms with Crippen molar-refractivity contribution in [1.29, 1.82) is 0 Å². The lowest BCUT2D eigenvalue weighted by atomic mass is 9.68. The van der Waals surface area contributed by atoms with Gasteiger partial charge in [0.25, 0.3) is 0 Å². The lowest BCUT2D eigenvalue weighted by Crippen LogP contribution is -2.61. The van der Waals surface area contributed by atoms with E-state index in [-0.39, 0.29) is 17.4 Å². The van der Waals surface area contributed by atoms with Gasteiger partial charge in [-0.2, -0.15) is 0 Å². The van der Waals surface area contributed by atoms with Crippen molar-refractivity contribution in [3.63, 3.8) is 0 Å². The lowest BCUT2D eigenvalue weighted by Gasteiger charge is -2.46. The number of rotatable bonds is 7. The Morgan fingerprint density at radius 1 is 1.22 bits per heavy atom. The molecule has 0 spiro atoms. The van der Waals surface area contributed by atoms with Crippen molar-refractivity contribution in [2.24, 2.45) is 11.8 Å². The molecule has 0 unspecified atom stereocenters. The highest BCUT2D eigenvalue weighted by atomic mass is 16.5. The van der Waals surface area contributed by atoms with Gasteiger partial charge < -0.3 is 20.1 Å². The van der Waals surface area contributed by atoms with E-state index in [9.17, 15) is 9.90 Å². The van der Waals surface area contributed by atoms with Crippen molar-refractivity contribution in [2.75, 3.05) is 26.7 Å². The van der Waals surface area contributed by atoms with Crippen LogP contribution in [0.3, 0.4) is 0 Å². The van der Waals surface area contributed by atoms with Crippen molar-refractivity contribution >= 4 is 5.91 Å². The number of nitrogens with zero attached hydrogens (tertiary/aromatic N) is 1. The maximum atomic E-state index is 13.6. The summed E-state index contributed by atoms with van der Waals surface area (Å²) in [5.74, 6) is 2.00. The Bertz CT molecular complexity index is 1090. The van der Waals surface area contributed by atoms with E-state index in [0.717, 1.165) is 31.8 Å². The number of carbonyl (C=O) groups is 1. The number of phenols is 1. The molecule has 2 aromatic carbocycles. The summed E-state index contributed by atoms with van der Waals surface area (Å²) >= 11 is 0. The highest BCUT2D eigenvalue weighted by Gasteiger charge is 2.41. The number of hydrogen-bond acceptors (Lipinski definition) is 5. The maximum Gasteiger partial charge on any atom is 0.240 e. The van der Waals surface area contributed by atoms with E-state index in [0.29, 0.717) is 30.6 Å². The SMILES string of the molecule is COc1ccc2c(c1)CN[C@@](C)(C(=O)N[C@H](CN1CC[C@@](C)(c3cccc(O)c3)[C@@H](C)C1)C(C)C)C2. The first-order chi connectivity index (χ1) is 17.0. The number of amides is 1. The number of methoxy groups -OCH3 is 1. The second-order valence-corrected chi connectivity index (χ2v) is 11.7. The molecule has 6 heteroatoms. The minimum atomic E-state index is -0.641. The van der Waals surface area contributed by atoms with Crippen LogP contribution in [0, 0.1) is 11.8 Å². The molecule has 2 aliphatic rings. The van der Waals surface area contributed by atoms with Gasteiger partial charge in [0.1, 0.15) is 11.5 Å². The summed E-state index contributed by atoms with van der Waals surface area (Å²) < 4.78 is 5.36. The predicted molar refractivity (Wildman–Crippen MR) is 144 cm³/mol. The molecule has 0 aromatic heterocycles. The van der Waals surface area contributed by atoms with E-state index in [1.54, 1.807) is 13.2 Å². The van der Waals surface area contributed by atoms with Gasteiger partial charge in [-0.1, -0.05) is 45.9 Å². The Hall–Kier alpha value is -2.57. The second kappa shape index (κ2) is 10.4. The molecule has 1 fully saturated rings. The van der Waals surface area contributed by atoms with Gasteiger partial charge in [-0.25, -0.2) is 0 Å². The summed E-state index contributed by atoms with van der Waals surface area (Å²) in [5.41, 5.74) is 2.98. The molecule has 196 valence electrons. The van der Waals surface area contributed by atoms with Crippen molar-refractivity contribution in [2.45, 2.75) is 71.0 Å². The molecule has 2 heterocycles. The van der Waals surface area contributed by atoms with Gasteiger partial charge in [0.05, 0.1) is 12.6 Å². The zero-order valence-corrected chi connectivity index (χ0v) is 22.7. The van der Waals surface area contributed by atoms with E-state index in [1.807, 2.05) is 25.1 Å². The number of piperidine rings is 1. The predicted octanol–water partition coefficient (Wildman–Crippen LogP) is 4.25. The van der Waals surface area contributed by atoms with Crippen molar-refractivity contribution < 1.29 is 14.6 Å². The van der Waals surface area contributed by atoms with Gasteiger partial charge in [0.2, 0.25) is 5.91 Å². The first-order valence-electron chi connectivity index (χ1n) is 13.3. The molecule has 0 radical (unpaired) electrons. The van der Waals surface area contributed by atoms with Gasteiger partial charge >= 0.3 is 0 Å². The highest BCUT2D eigenvalue weighted by Crippen LogP contribution is 2.40. The van der Waals surface area contributed by atoms with Crippen LogP contribution in [0.5, 0.6) is 11.5 Å². The topological polar surface area (TPSA) is 73.8 Å². The molecule has 36 heavy (non-hydrogen) atoms. The molecule has 4 rings (SSSR count). The number of aromatic hydroxyl groups is 1. The molecule has 2 aromatic rings. The molecule has 0 aliphatic carbocycles. The lowest BCUT2D eigenvalue weighted by molar-refractivity contribution is -0.128. The van der Waals surface area contributed by atoms with Crippen LogP contribution in [-0.2, 0) is 23.2 Å².